The number of carbonyl (C=O) groups excluding carboxylic acids is 2. The van der Waals surface area contributed by atoms with E-state index in [4.69, 9.17) is 21.1 Å². The van der Waals surface area contributed by atoms with Crippen LogP contribution < -0.4 is 10.1 Å². The summed E-state index contributed by atoms with van der Waals surface area (Å²) < 4.78 is 10.2. The number of hydrogen-bond acceptors (Lipinski definition) is 4. The molecule has 1 rings (SSSR count). The van der Waals surface area contributed by atoms with Crippen molar-refractivity contribution in [3.63, 3.8) is 0 Å². The van der Waals surface area contributed by atoms with E-state index in [2.05, 4.69) is 5.32 Å². The zero-order valence-corrected chi connectivity index (χ0v) is 13.4. The fourth-order valence-electron chi connectivity index (χ4n) is 1.45. The summed E-state index contributed by atoms with van der Waals surface area (Å²) in [5.41, 5.74) is -0.380. The van der Waals surface area contributed by atoms with Gasteiger partial charge in [0.15, 0.2) is 12.7 Å². The molecule has 0 heterocycles. The van der Waals surface area contributed by atoms with Crippen molar-refractivity contribution in [3.05, 3.63) is 29.3 Å². The third kappa shape index (κ3) is 6.99. The summed E-state index contributed by atoms with van der Waals surface area (Å²) in [6.07, 6.45) is -0.875. The van der Waals surface area contributed by atoms with Crippen LogP contribution in [-0.4, -0.2) is 30.1 Å². The van der Waals surface area contributed by atoms with Crippen LogP contribution in [0.3, 0.4) is 0 Å². The highest BCUT2D eigenvalue weighted by atomic mass is 35.5. The van der Waals surface area contributed by atoms with Gasteiger partial charge in [0.1, 0.15) is 5.75 Å². The Morgan fingerprint density at radius 1 is 1.33 bits per heavy atom. The van der Waals surface area contributed by atoms with Gasteiger partial charge in [-0.1, -0.05) is 17.7 Å². The highest BCUT2D eigenvalue weighted by Crippen LogP contribution is 2.17. The highest BCUT2D eigenvalue weighted by molar-refractivity contribution is 6.30. The zero-order valence-electron chi connectivity index (χ0n) is 12.6. The lowest BCUT2D eigenvalue weighted by atomic mass is 10.1. The Bertz CT molecular complexity index is 511. The summed E-state index contributed by atoms with van der Waals surface area (Å²) in [7, 11) is 0. The van der Waals surface area contributed by atoms with Gasteiger partial charge >= 0.3 is 5.97 Å². The molecule has 116 valence electrons. The number of esters is 1. The standard InChI is InChI=1S/C15H20ClNO4/c1-10(14(19)17-15(2,3)4)21-13(18)9-20-12-7-5-6-11(16)8-12/h5-8,10H,9H2,1-4H3,(H,17,19)/t10-/m0/s1. The first-order valence-corrected chi connectivity index (χ1v) is 6.95. The molecule has 0 aromatic heterocycles. The molecule has 0 saturated heterocycles. The van der Waals surface area contributed by atoms with Crippen molar-refractivity contribution in [1.29, 1.82) is 0 Å². The Morgan fingerprint density at radius 2 is 2.00 bits per heavy atom. The summed E-state index contributed by atoms with van der Waals surface area (Å²) in [5, 5.41) is 3.24. The number of amides is 1. The highest BCUT2D eigenvalue weighted by Gasteiger charge is 2.22. The van der Waals surface area contributed by atoms with Crippen LogP contribution in [0.25, 0.3) is 0 Å². The van der Waals surface area contributed by atoms with Crippen LogP contribution in [0.5, 0.6) is 5.75 Å². The Hall–Kier alpha value is -1.75. The van der Waals surface area contributed by atoms with Crippen LogP contribution in [-0.2, 0) is 14.3 Å². The normalized spacial score (nSPS) is 12.4. The first-order chi connectivity index (χ1) is 9.67. The maximum absolute atomic E-state index is 11.8. The molecule has 1 N–H and O–H groups in total. The quantitative estimate of drug-likeness (QED) is 0.849. The average Bonchev–Trinajstić information content (AvgIpc) is 2.34. The Labute approximate surface area is 129 Å². The summed E-state index contributed by atoms with van der Waals surface area (Å²) in [5.74, 6) is -0.503. The van der Waals surface area contributed by atoms with Gasteiger partial charge in [-0.3, -0.25) is 4.79 Å². The molecule has 0 aliphatic carbocycles. The lowest BCUT2D eigenvalue weighted by Gasteiger charge is -2.23. The maximum atomic E-state index is 11.8. The second kappa shape index (κ2) is 7.31. The van der Waals surface area contributed by atoms with Gasteiger partial charge in [0, 0.05) is 10.6 Å². The molecular formula is C15H20ClNO4. The lowest BCUT2D eigenvalue weighted by molar-refractivity contribution is -0.157. The third-order valence-corrected chi connectivity index (χ3v) is 2.56. The van der Waals surface area contributed by atoms with Gasteiger partial charge in [-0.05, 0) is 45.9 Å². The third-order valence-electron chi connectivity index (χ3n) is 2.33. The van der Waals surface area contributed by atoms with Crippen LogP contribution in [0.15, 0.2) is 24.3 Å². The van der Waals surface area contributed by atoms with Crippen molar-refractivity contribution in [3.8, 4) is 5.75 Å². The maximum Gasteiger partial charge on any atom is 0.344 e. The number of ether oxygens (including phenoxy) is 2. The van der Waals surface area contributed by atoms with Crippen LogP contribution in [0.2, 0.25) is 5.02 Å². The van der Waals surface area contributed by atoms with Crippen molar-refractivity contribution in [2.75, 3.05) is 6.61 Å². The number of halogens is 1. The Kier molecular flexibility index (Phi) is 6.03. The van der Waals surface area contributed by atoms with E-state index in [0.717, 1.165) is 0 Å². The second-order valence-corrected chi connectivity index (χ2v) is 6.05. The smallest absolute Gasteiger partial charge is 0.344 e. The van der Waals surface area contributed by atoms with Crippen molar-refractivity contribution < 1.29 is 19.1 Å². The van der Waals surface area contributed by atoms with Crippen LogP contribution in [0, 0.1) is 0 Å². The van der Waals surface area contributed by atoms with E-state index in [1.54, 1.807) is 24.3 Å². The van der Waals surface area contributed by atoms with Gasteiger partial charge in [0.2, 0.25) is 0 Å². The van der Waals surface area contributed by atoms with Gasteiger partial charge in [-0.2, -0.15) is 0 Å². The zero-order chi connectivity index (χ0) is 16.0. The first kappa shape index (κ1) is 17.3. The van der Waals surface area contributed by atoms with Crippen molar-refractivity contribution in [2.45, 2.75) is 39.3 Å². The minimum absolute atomic E-state index is 0.284. The molecule has 1 aromatic carbocycles. The van der Waals surface area contributed by atoms with Crippen molar-refractivity contribution >= 4 is 23.5 Å². The minimum Gasteiger partial charge on any atom is -0.482 e. The SMILES string of the molecule is C[C@H](OC(=O)COc1cccc(Cl)c1)C(=O)NC(C)(C)C. The fourth-order valence-corrected chi connectivity index (χ4v) is 1.64. The number of rotatable bonds is 5. The first-order valence-electron chi connectivity index (χ1n) is 6.57. The summed E-state index contributed by atoms with van der Waals surface area (Å²) in [6, 6.07) is 6.67. The molecule has 5 nitrogen and oxygen atoms in total. The van der Waals surface area contributed by atoms with Gasteiger partial charge in [0.05, 0.1) is 0 Å². The molecule has 6 heteroatoms. The molecule has 0 unspecified atom stereocenters. The van der Waals surface area contributed by atoms with Crippen LogP contribution >= 0.6 is 11.6 Å². The molecule has 1 amide bonds. The van der Waals surface area contributed by atoms with Gasteiger partial charge < -0.3 is 14.8 Å². The average molecular weight is 314 g/mol. The molecule has 0 aliphatic heterocycles. The fraction of sp³-hybridized carbons (Fsp3) is 0.467. The monoisotopic (exact) mass is 313 g/mol. The van der Waals surface area contributed by atoms with E-state index in [1.807, 2.05) is 20.8 Å². The Morgan fingerprint density at radius 3 is 2.57 bits per heavy atom. The topological polar surface area (TPSA) is 64.6 Å². The van der Waals surface area contributed by atoms with Crippen LogP contribution in [0.4, 0.5) is 0 Å². The van der Waals surface area contributed by atoms with Gasteiger partial charge in [-0.25, -0.2) is 4.79 Å². The lowest BCUT2D eigenvalue weighted by Crippen LogP contribution is -2.46. The van der Waals surface area contributed by atoms with Gasteiger partial charge in [0.25, 0.3) is 5.91 Å². The predicted molar refractivity (Wildman–Crippen MR) is 80.4 cm³/mol. The number of carbonyl (C=O) groups is 2. The molecule has 0 fully saturated rings. The summed E-state index contributed by atoms with van der Waals surface area (Å²) >= 11 is 5.80. The number of hydrogen-bond donors (Lipinski definition) is 1. The molecule has 1 atom stereocenters. The van der Waals surface area contributed by atoms with Crippen molar-refractivity contribution in [2.24, 2.45) is 0 Å². The van der Waals surface area contributed by atoms with E-state index in [1.165, 1.54) is 6.92 Å². The van der Waals surface area contributed by atoms with E-state index >= 15 is 0 Å². The second-order valence-electron chi connectivity index (χ2n) is 5.62. The van der Waals surface area contributed by atoms with E-state index in [-0.39, 0.29) is 18.1 Å². The molecule has 21 heavy (non-hydrogen) atoms. The van der Waals surface area contributed by atoms with Crippen LogP contribution in [0.1, 0.15) is 27.7 Å². The van der Waals surface area contributed by atoms with E-state index in [9.17, 15) is 9.59 Å². The van der Waals surface area contributed by atoms with E-state index < -0.39 is 12.1 Å². The molecule has 1 aromatic rings. The molecule has 0 aliphatic rings. The minimum atomic E-state index is -0.875. The number of nitrogens with one attached hydrogen (secondary N) is 1. The number of benzene rings is 1. The summed E-state index contributed by atoms with van der Waals surface area (Å²) in [4.78, 5) is 23.4. The Balaban J connectivity index is 2.41. The predicted octanol–water partition coefficient (Wildman–Crippen LogP) is 2.57. The molecule has 0 spiro atoms. The largest absolute Gasteiger partial charge is 0.482 e. The van der Waals surface area contributed by atoms with Crippen molar-refractivity contribution in [1.82, 2.24) is 5.32 Å². The van der Waals surface area contributed by atoms with E-state index in [0.29, 0.717) is 10.8 Å². The molecular weight excluding hydrogens is 294 g/mol. The molecule has 0 radical (unpaired) electrons. The van der Waals surface area contributed by atoms with Gasteiger partial charge in [-0.15, -0.1) is 0 Å². The molecule has 0 saturated carbocycles. The summed E-state index contributed by atoms with van der Waals surface area (Å²) in [6.45, 7) is 6.77. The molecule has 0 bridgehead atoms.